The predicted molar refractivity (Wildman–Crippen MR) is 89.4 cm³/mol. The first-order chi connectivity index (χ1) is 11.1. The average molecular weight is 310 g/mol. The number of hydrogen-bond acceptors (Lipinski definition) is 5. The van der Waals surface area contributed by atoms with Crippen LogP contribution in [0.3, 0.4) is 0 Å². The van der Waals surface area contributed by atoms with Gasteiger partial charge in [0.1, 0.15) is 11.5 Å². The summed E-state index contributed by atoms with van der Waals surface area (Å²) in [5.74, 6) is 1.26. The maximum Gasteiger partial charge on any atom is 0.178 e. The zero-order valence-corrected chi connectivity index (χ0v) is 13.0. The number of nitrogens with zero attached hydrogens (tertiary/aromatic N) is 1. The largest absolute Gasteiger partial charge is 0.507 e. The molecule has 23 heavy (non-hydrogen) atoms. The maximum atomic E-state index is 10.3. The summed E-state index contributed by atoms with van der Waals surface area (Å²) in [7, 11) is 1.59. The van der Waals surface area contributed by atoms with Gasteiger partial charge in [-0.25, -0.2) is 0 Å². The lowest BCUT2D eigenvalue weighted by Crippen LogP contribution is -1.92. The van der Waals surface area contributed by atoms with Crippen LogP contribution >= 0.6 is 0 Å². The highest BCUT2D eigenvalue weighted by molar-refractivity contribution is 5.83. The topological polar surface area (TPSA) is 81.5 Å². The fraction of sp³-hybridized carbons (Fsp3) is 0.167. The van der Waals surface area contributed by atoms with E-state index in [1.807, 2.05) is 37.3 Å². The highest BCUT2D eigenvalue weighted by Gasteiger charge is 2.18. The first kappa shape index (κ1) is 15.0. The first-order valence-electron chi connectivity index (χ1n) is 7.34. The summed E-state index contributed by atoms with van der Waals surface area (Å²) >= 11 is 0. The summed E-state index contributed by atoms with van der Waals surface area (Å²) < 4.78 is 10.7. The zero-order chi connectivity index (χ0) is 16.4. The van der Waals surface area contributed by atoms with Crippen LogP contribution in [0.1, 0.15) is 12.5 Å². The van der Waals surface area contributed by atoms with Crippen molar-refractivity contribution in [3.63, 3.8) is 0 Å². The van der Waals surface area contributed by atoms with Crippen molar-refractivity contribution in [3.8, 4) is 33.9 Å². The van der Waals surface area contributed by atoms with Crippen molar-refractivity contribution in [3.05, 3.63) is 48.2 Å². The number of hydrogen-bond donors (Lipinski definition) is 2. The maximum absolute atomic E-state index is 10.3. The molecular formula is C18H18N2O3. The number of aromatic nitrogens is 1. The second-order valence-corrected chi connectivity index (χ2v) is 5.23. The van der Waals surface area contributed by atoms with Crippen molar-refractivity contribution in [1.82, 2.24) is 5.16 Å². The quantitative estimate of drug-likeness (QED) is 0.715. The molecule has 3 N–H and O–H groups in total. The molecule has 3 rings (SSSR count). The van der Waals surface area contributed by atoms with Crippen molar-refractivity contribution in [2.75, 3.05) is 12.8 Å². The Morgan fingerprint density at radius 2 is 1.91 bits per heavy atom. The molecule has 0 saturated carbocycles. The molecule has 5 nitrogen and oxygen atoms in total. The van der Waals surface area contributed by atoms with E-state index in [2.05, 4.69) is 5.16 Å². The second kappa shape index (κ2) is 6.04. The van der Waals surface area contributed by atoms with Crippen molar-refractivity contribution in [1.29, 1.82) is 0 Å². The third-order valence-electron chi connectivity index (χ3n) is 3.82. The molecule has 0 aliphatic carbocycles. The molecule has 0 spiro atoms. The molecule has 0 bridgehead atoms. The van der Waals surface area contributed by atoms with E-state index in [1.165, 1.54) is 0 Å². The summed E-state index contributed by atoms with van der Waals surface area (Å²) in [5.41, 5.74) is 9.71. The molecule has 1 heterocycles. The summed E-state index contributed by atoms with van der Waals surface area (Å²) in [4.78, 5) is 0. The van der Waals surface area contributed by atoms with E-state index >= 15 is 0 Å². The van der Waals surface area contributed by atoms with Gasteiger partial charge in [-0.05, 0) is 35.7 Å². The number of aromatic hydroxyl groups is 1. The zero-order valence-electron chi connectivity index (χ0n) is 13.0. The van der Waals surface area contributed by atoms with Gasteiger partial charge in [0.2, 0.25) is 0 Å². The van der Waals surface area contributed by atoms with E-state index in [4.69, 9.17) is 15.0 Å². The molecule has 0 radical (unpaired) electrons. The van der Waals surface area contributed by atoms with E-state index in [9.17, 15) is 5.11 Å². The molecule has 118 valence electrons. The molecule has 0 fully saturated rings. The second-order valence-electron chi connectivity index (χ2n) is 5.23. The van der Waals surface area contributed by atoms with Crippen LogP contribution in [0.25, 0.3) is 22.5 Å². The average Bonchev–Trinajstić information content (AvgIpc) is 3.04. The van der Waals surface area contributed by atoms with Gasteiger partial charge in [0, 0.05) is 17.3 Å². The molecule has 0 aliphatic rings. The Labute approximate surface area is 134 Å². The lowest BCUT2D eigenvalue weighted by Gasteiger charge is -2.11. The van der Waals surface area contributed by atoms with Gasteiger partial charge in [-0.15, -0.1) is 0 Å². The van der Waals surface area contributed by atoms with Crippen LogP contribution in [-0.2, 0) is 6.42 Å². The van der Waals surface area contributed by atoms with Crippen LogP contribution in [0.15, 0.2) is 47.1 Å². The first-order valence-corrected chi connectivity index (χ1v) is 7.34. The number of phenolic OH excluding ortho intramolecular Hbond substituents is 1. The van der Waals surface area contributed by atoms with Crippen molar-refractivity contribution >= 4 is 5.69 Å². The molecule has 0 atom stereocenters. The van der Waals surface area contributed by atoms with Gasteiger partial charge in [-0.1, -0.05) is 24.2 Å². The van der Waals surface area contributed by atoms with Gasteiger partial charge in [0.05, 0.1) is 18.9 Å². The fourth-order valence-corrected chi connectivity index (χ4v) is 2.56. The third kappa shape index (κ3) is 2.73. The minimum atomic E-state index is 0.0903. The summed E-state index contributed by atoms with van der Waals surface area (Å²) in [5, 5.41) is 14.2. The summed E-state index contributed by atoms with van der Waals surface area (Å²) in [6.07, 6.45) is 2.41. The van der Waals surface area contributed by atoms with E-state index in [0.717, 1.165) is 23.1 Å². The lowest BCUT2D eigenvalue weighted by atomic mass is 9.99. The number of ether oxygens (including phenoxy) is 1. The van der Waals surface area contributed by atoms with Crippen LogP contribution in [-0.4, -0.2) is 17.4 Å². The monoisotopic (exact) mass is 310 g/mol. The number of nitrogen functional groups attached to an aromatic ring is 1. The van der Waals surface area contributed by atoms with Gasteiger partial charge in [-0.2, -0.15) is 0 Å². The minimum Gasteiger partial charge on any atom is -0.507 e. The number of aryl methyl sites for hydroxylation is 1. The smallest absolute Gasteiger partial charge is 0.178 e. The third-order valence-corrected chi connectivity index (χ3v) is 3.82. The summed E-state index contributed by atoms with van der Waals surface area (Å²) in [6, 6.07) is 10.9. The number of rotatable bonds is 4. The number of phenols is 1. The van der Waals surface area contributed by atoms with E-state index in [1.54, 1.807) is 19.4 Å². The van der Waals surface area contributed by atoms with Gasteiger partial charge >= 0.3 is 0 Å². The Morgan fingerprint density at radius 3 is 2.57 bits per heavy atom. The SMILES string of the molecule is CCc1cc(-c2oncc2-c2ccc(N)cc2)c(O)cc1OC. The van der Waals surface area contributed by atoms with Crippen LogP contribution in [0.2, 0.25) is 0 Å². The molecule has 0 saturated heterocycles. The number of benzene rings is 2. The normalized spacial score (nSPS) is 10.7. The van der Waals surface area contributed by atoms with Crippen molar-refractivity contribution < 1.29 is 14.4 Å². The van der Waals surface area contributed by atoms with Crippen LogP contribution < -0.4 is 10.5 Å². The molecule has 5 heteroatoms. The molecule has 2 aromatic carbocycles. The number of nitrogens with two attached hydrogens (primary N) is 1. The number of anilines is 1. The summed E-state index contributed by atoms with van der Waals surface area (Å²) in [6.45, 7) is 2.03. The van der Waals surface area contributed by atoms with Gasteiger partial charge < -0.3 is 20.1 Å². The Bertz CT molecular complexity index is 823. The Kier molecular flexibility index (Phi) is 3.93. The molecule has 1 aromatic heterocycles. The van der Waals surface area contributed by atoms with Gasteiger partial charge in [0.15, 0.2) is 5.76 Å². The van der Waals surface area contributed by atoms with Crippen LogP contribution in [0.5, 0.6) is 11.5 Å². The van der Waals surface area contributed by atoms with Crippen LogP contribution in [0.4, 0.5) is 5.69 Å². The van der Waals surface area contributed by atoms with E-state index in [0.29, 0.717) is 22.8 Å². The standard InChI is InChI=1S/C18H18N2O3/c1-3-11-8-14(16(21)9-17(11)22-2)18-15(10-20-23-18)12-4-6-13(19)7-5-12/h4-10,21H,3,19H2,1-2H3. The predicted octanol–water partition coefficient (Wildman–Crippen LogP) is 3.87. The lowest BCUT2D eigenvalue weighted by molar-refractivity contribution is 0.401. The minimum absolute atomic E-state index is 0.0903. The van der Waals surface area contributed by atoms with Crippen LogP contribution in [0, 0.1) is 0 Å². The molecular weight excluding hydrogens is 292 g/mol. The van der Waals surface area contributed by atoms with E-state index < -0.39 is 0 Å². The Hall–Kier alpha value is -2.95. The Balaban J connectivity index is 2.13. The Morgan fingerprint density at radius 1 is 1.17 bits per heavy atom. The van der Waals surface area contributed by atoms with Gasteiger partial charge in [0.25, 0.3) is 0 Å². The molecule has 0 amide bonds. The molecule has 0 unspecified atom stereocenters. The number of methoxy groups -OCH3 is 1. The molecule has 0 aliphatic heterocycles. The highest BCUT2D eigenvalue weighted by atomic mass is 16.5. The fourth-order valence-electron chi connectivity index (χ4n) is 2.56. The van der Waals surface area contributed by atoms with Crippen molar-refractivity contribution in [2.45, 2.75) is 13.3 Å². The van der Waals surface area contributed by atoms with Crippen molar-refractivity contribution in [2.24, 2.45) is 0 Å². The molecule has 3 aromatic rings. The van der Waals surface area contributed by atoms with Gasteiger partial charge in [-0.3, -0.25) is 0 Å². The van der Waals surface area contributed by atoms with E-state index in [-0.39, 0.29) is 5.75 Å². The highest BCUT2D eigenvalue weighted by Crippen LogP contribution is 2.40.